The van der Waals surface area contributed by atoms with Crippen molar-refractivity contribution in [3.63, 3.8) is 0 Å². The van der Waals surface area contributed by atoms with Gasteiger partial charge in [0.2, 0.25) is 5.91 Å². The lowest BCUT2D eigenvalue weighted by atomic mass is 9.82. The Morgan fingerprint density at radius 3 is 2.63 bits per heavy atom. The zero-order valence-electron chi connectivity index (χ0n) is 21.4. The first-order valence-electron chi connectivity index (χ1n) is 13.1. The highest BCUT2D eigenvalue weighted by Crippen LogP contribution is 2.31. The molecule has 1 heterocycles. The summed E-state index contributed by atoms with van der Waals surface area (Å²) in [6.07, 6.45) is 6.01. The number of hydrogen-bond donors (Lipinski definition) is 4. The van der Waals surface area contributed by atoms with Crippen LogP contribution in [0.25, 0.3) is 0 Å². The largest absolute Gasteiger partial charge is 0.382 e. The highest BCUT2D eigenvalue weighted by atomic mass is 19.1. The molecule has 3 aliphatic rings. The van der Waals surface area contributed by atoms with Gasteiger partial charge in [-0.3, -0.25) is 15.5 Å². The maximum Gasteiger partial charge on any atom is 0.229 e. The van der Waals surface area contributed by atoms with E-state index in [-0.39, 0.29) is 30.0 Å². The molecule has 0 aromatic heterocycles. The Balaban J connectivity index is 1.64. The number of nitrogens with one attached hydrogen (secondary N) is 4. The van der Waals surface area contributed by atoms with E-state index in [1.165, 1.54) is 0 Å². The van der Waals surface area contributed by atoms with E-state index in [9.17, 15) is 14.4 Å². The number of guanidine groups is 1. The Bertz CT molecular complexity index is 750. The molecule has 4 unspecified atom stereocenters. The third kappa shape index (κ3) is 8.98. The van der Waals surface area contributed by atoms with Gasteiger partial charge in [-0.1, -0.05) is 6.42 Å². The average Bonchev–Trinajstić information content (AvgIpc) is 3.30. The van der Waals surface area contributed by atoms with Crippen molar-refractivity contribution in [3.05, 3.63) is 0 Å². The summed E-state index contributed by atoms with van der Waals surface area (Å²) in [4.78, 5) is 17.9. The molecule has 3 fully saturated rings. The quantitative estimate of drug-likeness (QED) is 0.221. The van der Waals surface area contributed by atoms with E-state index in [4.69, 9.17) is 14.5 Å². The van der Waals surface area contributed by atoms with Crippen LogP contribution in [0.5, 0.6) is 0 Å². The van der Waals surface area contributed by atoms with E-state index in [2.05, 4.69) is 27.6 Å². The Morgan fingerprint density at radius 2 is 1.91 bits per heavy atom. The molecule has 3 rings (SSSR count). The van der Waals surface area contributed by atoms with Crippen LogP contribution in [0.3, 0.4) is 0 Å². The number of halogens is 1. The van der Waals surface area contributed by atoms with Crippen molar-refractivity contribution in [2.24, 2.45) is 22.7 Å². The van der Waals surface area contributed by atoms with Gasteiger partial charge in [0.1, 0.15) is 12.3 Å². The Labute approximate surface area is 208 Å². The first kappa shape index (κ1) is 27.8. The molecule has 0 radical (unpaired) electrons. The van der Waals surface area contributed by atoms with Gasteiger partial charge in [0, 0.05) is 31.4 Å². The van der Waals surface area contributed by atoms with Crippen molar-refractivity contribution in [2.45, 2.75) is 95.6 Å². The summed E-state index contributed by atoms with van der Waals surface area (Å²) in [6, 6.07) is 2.55. The summed E-state index contributed by atoms with van der Waals surface area (Å²) in [6.45, 7) is 5.39. The van der Waals surface area contributed by atoms with Crippen molar-refractivity contribution in [3.8, 4) is 6.07 Å². The second kappa shape index (κ2) is 13.5. The van der Waals surface area contributed by atoms with Crippen LogP contribution in [0, 0.1) is 29.1 Å². The fraction of sp³-hybridized carbons (Fsp3) is 0.880. The number of methoxy groups -OCH3 is 1. The molecule has 0 aromatic rings. The number of nitriles is 1. The topological polar surface area (TPSA) is 120 Å². The van der Waals surface area contributed by atoms with Crippen LogP contribution in [0.1, 0.15) is 71.6 Å². The Kier molecular flexibility index (Phi) is 10.7. The molecule has 0 aromatic carbocycles. The van der Waals surface area contributed by atoms with Gasteiger partial charge < -0.3 is 14.8 Å². The number of hydrogen-bond acceptors (Lipinski definition) is 7. The lowest BCUT2D eigenvalue weighted by molar-refractivity contribution is -0.124. The lowest BCUT2D eigenvalue weighted by Gasteiger charge is -2.30. The molecular weight excluding hydrogens is 451 g/mol. The minimum absolute atomic E-state index is 0.0701. The summed E-state index contributed by atoms with van der Waals surface area (Å²) >= 11 is 0. The molecule has 1 amide bonds. The summed E-state index contributed by atoms with van der Waals surface area (Å²) in [5.41, 5.74) is 6.11. The fourth-order valence-corrected chi connectivity index (χ4v) is 5.28. The summed E-state index contributed by atoms with van der Waals surface area (Å²) in [5, 5.41) is 15.7. The number of alkyl halides is 1. The number of nitrogens with zero attached hydrogens (tertiary/aromatic N) is 2. The minimum Gasteiger partial charge on any atom is -0.382 e. The lowest BCUT2D eigenvalue weighted by Crippen LogP contribution is -2.55. The van der Waals surface area contributed by atoms with Crippen LogP contribution < -0.4 is 21.5 Å². The van der Waals surface area contributed by atoms with Crippen LogP contribution in [-0.2, 0) is 14.3 Å². The maximum atomic E-state index is 13.6. The van der Waals surface area contributed by atoms with E-state index in [0.717, 1.165) is 38.5 Å². The average molecular weight is 495 g/mol. The predicted octanol–water partition coefficient (Wildman–Crippen LogP) is 2.54. The van der Waals surface area contributed by atoms with E-state index in [1.807, 2.05) is 13.8 Å². The molecule has 2 saturated carbocycles. The van der Waals surface area contributed by atoms with Crippen molar-refractivity contribution < 1.29 is 18.7 Å². The number of carbonyl (C=O) groups is 1. The van der Waals surface area contributed by atoms with E-state index in [0.29, 0.717) is 51.0 Å². The van der Waals surface area contributed by atoms with Gasteiger partial charge in [-0.2, -0.15) is 5.26 Å². The van der Waals surface area contributed by atoms with Crippen molar-refractivity contribution in [1.29, 1.82) is 5.26 Å². The van der Waals surface area contributed by atoms with Gasteiger partial charge >= 0.3 is 0 Å². The molecule has 198 valence electrons. The number of ether oxygens (including phenoxy) is 2. The van der Waals surface area contributed by atoms with Crippen molar-refractivity contribution in [2.75, 3.05) is 26.9 Å². The van der Waals surface area contributed by atoms with Crippen LogP contribution in [0.2, 0.25) is 0 Å². The maximum absolute atomic E-state index is 13.6. The number of amides is 1. The number of hydrazine groups is 1. The van der Waals surface area contributed by atoms with E-state index in [1.54, 1.807) is 7.11 Å². The molecule has 9 nitrogen and oxygen atoms in total. The molecular formula is C25H43FN6O3. The zero-order chi connectivity index (χ0) is 25.3. The van der Waals surface area contributed by atoms with Gasteiger partial charge in [-0.25, -0.2) is 14.8 Å². The minimum atomic E-state index is -0.672. The van der Waals surface area contributed by atoms with Crippen molar-refractivity contribution in [1.82, 2.24) is 21.5 Å². The van der Waals surface area contributed by atoms with Crippen LogP contribution in [-0.4, -0.2) is 62.7 Å². The van der Waals surface area contributed by atoms with Crippen LogP contribution in [0.15, 0.2) is 4.99 Å². The second-order valence-corrected chi connectivity index (χ2v) is 10.9. The predicted molar refractivity (Wildman–Crippen MR) is 132 cm³/mol. The van der Waals surface area contributed by atoms with E-state index < -0.39 is 11.7 Å². The molecule has 4 N–H and O–H groups in total. The molecule has 0 spiro atoms. The molecule has 10 heteroatoms. The third-order valence-electron chi connectivity index (χ3n) is 7.29. The molecule has 4 atom stereocenters. The first-order chi connectivity index (χ1) is 16.8. The standard InChI is InChI=1S/C25H43FN6O3/c1-25(2,16-35-12-11-34-3)30-24(29-23(33)19-6-4-5-17(13-19)15-27)28-22-14-21(31-32-22)18-7-9-20(26)10-8-18/h17-22,31-32H,4-14,16H2,1-3H3,(H2,28,29,30,33). The monoisotopic (exact) mass is 494 g/mol. The molecule has 1 saturated heterocycles. The fourth-order valence-electron chi connectivity index (χ4n) is 5.28. The molecule has 2 aliphatic carbocycles. The third-order valence-corrected chi connectivity index (χ3v) is 7.29. The highest BCUT2D eigenvalue weighted by molar-refractivity contribution is 5.98. The number of rotatable bonds is 9. The Morgan fingerprint density at radius 1 is 1.14 bits per heavy atom. The van der Waals surface area contributed by atoms with Crippen LogP contribution in [0.4, 0.5) is 4.39 Å². The van der Waals surface area contributed by atoms with Gasteiger partial charge in [0.15, 0.2) is 5.96 Å². The number of aliphatic imine (C=N–C) groups is 1. The van der Waals surface area contributed by atoms with Gasteiger partial charge in [-0.05, 0) is 64.7 Å². The summed E-state index contributed by atoms with van der Waals surface area (Å²) in [5.74, 6) is 0.466. The Hall–Kier alpha value is -1.80. The SMILES string of the molecule is COCCOCC(C)(C)N/C(=N\C1CC(C2CCC(F)CC2)NN1)NC(=O)C1CCCC(C#N)C1. The summed E-state index contributed by atoms with van der Waals surface area (Å²) in [7, 11) is 1.63. The highest BCUT2D eigenvalue weighted by Gasteiger charge is 2.34. The molecule has 35 heavy (non-hydrogen) atoms. The van der Waals surface area contributed by atoms with Gasteiger partial charge in [0.25, 0.3) is 0 Å². The zero-order valence-corrected chi connectivity index (χ0v) is 21.4. The normalized spacial score (nSPS) is 32.1. The van der Waals surface area contributed by atoms with Crippen LogP contribution >= 0.6 is 0 Å². The van der Waals surface area contributed by atoms with Crippen molar-refractivity contribution >= 4 is 11.9 Å². The molecule has 0 bridgehead atoms. The second-order valence-electron chi connectivity index (χ2n) is 10.9. The van der Waals surface area contributed by atoms with Gasteiger partial charge in [-0.15, -0.1) is 0 Å². The van der Waals surface area contributed by atoms with E-state index >= 15 is 0 Å². The molecule has 1 aliphatic heterocycles. The summed E-state index contributed by atoms with van der Waals surface area (Å²) < 4.78 is 24.3. The first-order valence-corrected chi connectivity index (χ1v) is 13.1. The van der Waals surface area contributed by atoms with Gasteiger partial charge in [0.05, 0.1) is 31.4 Å². The smallest absolute Gasteiger partial charge is 0.229 e. The number of carbonyl (C=O) groups excluding carboxylic acids is 1.